The number of nitrogens with one attached hydrogen (secondary N) is 1. The molecule has 2 fully saturated rings. The van der Waals surface area contributed by atoms with E-state index in [-0.39, 0.29) is 22.8 Å². The Hall–Kier alpha value is -1.62. The maximum Gasteiger partial charge on any atom is 0.247 e. The van der Waals surface area contributed by atoms with Crippen LogP contribution in [0.2, 0.25) is 5.02 Å². The minimum absolute atomic E-state index is 0.0674. The Kier molecular flexibility index (Phi) is 4.57. The minimum atomic E-state index is -0.467. The third-order valence-corrected chi connectivity index (χ3v) is 5.02. The summed E-state index contributed by atoms with van der Waals surface area (Å²) in [5.74, 6) is -0.134. The fraction of sp³-hybridized carbons (Fsp3) is 0.529. The van der Waals surface area contributed by atoms with Crippen LogP contribution in [-0.2, 0) is 9.59 Å². The molecule has 1 aromatic rings. The predicted octanol–water partition coefficient (Wildman–Crippen LogP) is 3.45. The number of nitrogens with zero attached hydrogens (tertiary/aromatic N) is 1. The van der Waals surface area contributed by atoms with E-state index >= 15 is 0 Å². The molecule has 23 heavy (non-hydrogen) atoms. The SMILES string of the molecule is C[C@@H]1C[C@@H]1C(=O)N1CCCC[C@@H]1C(=O)Nc1ccc(F)cc1Cl. The van der Waals surface area contributed by atoms with E-state index in [4.69, 9.17) is 11.6 Å². The average molecular weight is 339 g/mol. The normalized spacial score (nSPS) is 26.7. The standard InChI is InChI=1S/C17H20ClFN2O2/c1-10-8-12(10)17(23)21-7-3-2-4-15(21)16(22)20-14-6-5-11(19)9-13(14)18/h5-6,9-10,12,15H,2-4,7-8H2,1H3,(H,20,22)/t10-,12+,15-/m1/s1. The molecule has 0 bridgehead atoms. The summed E-state index contributed by atoms with van der Waals surface area (Å²) in [6.45, 7) is 2.68. The smallest absolute Gasteiger partial charge is 0.247 e. The minimum Gasteiger partial charge on any atom is -0.330 e. The average Bonchev–Trinajstić information content (AvgIpc) is 3.26. The van der Waals surface area contributed by atoms with Gasteiger partial charge in [-0.3, -0.25) is 9.59 Å². The zero-order valence-electron chi connectivity index (χ0n) is 13.0. The van der Waals surface area contributed by atoms with Gasteiger partial charge in [0.15, 0.2) is 0 Å². The molecule has 6 heteroatoms. The van der Waals surface area contributed by atoms with Crippen LogP contribution in [0.3, 0.4) is 0 Å². The summed E-state index contributed by atoms with van der Waals surface area (Å²) < 4.78 is 13.1. The third kappa shape index (κ3) is 3.50. The van der Waals surface area contributed by atoms with Crippen molar-refractivity contribution in [3.05, 3.63) is 29.0 Å². The number of hydrogen-bond acceptors (Lipinski definition) is 2. The second-order valence-corrected chi connectivity index (χ2v) is 6.88. The topological polar surface area (TPSA) is 49.4 Å². The van der Waals surface area contributed by atoms with Crippen LogP contribution in [0.5, 0.6) is 0 Å². The van der Waals surface area contributed by atoms with Gasteiger partial charge in [0, 0.05) is 12.5 Å². The Morgan fingerprint density at radius 3 is 2.74 bits per heavy atom. The number of likely N-dealkylation sites (tertiary alicyclic amines) is 1. The van der Waals surface area contributed by atoms with Crippen molar-refractivity contribution < 1.29 is 14.0 Å². The highest BCUT2D eigenvalue weighted by atomic mass is 35.5. The molecule has 0 spiro atoms. The van der Waals surface area contributed by atoms with Crippen molar-refractivity contribution >= 4 is 29.1 Å². The van der Waals surface area contributed by atoms with Gasteiger partial charge in [0.2, 0.25) is 11.8 Å². The molecule has 1 aliphatic carbocycles. The van der Waals surface area contributed by atoms with Gasteiger partial charge in [-0.05, 0) is 49.8 Å². The van der Waals surface area contributed by atoms with E-state index in [0.717, 1.165) is 25.3 Å². The Labute approximate surface area is 140 Å². The molecule has 0 radical (unpaired) electrons. The van der Waals surface area contributed by atoms with Gasteiger partial charge in [-0.1, -0.05) is 18.5 Å². The number of carbonyl (C=O) groups is 2. The first kappa shape index (κ1) is 16.2. The van der Waals surface area contributed by atoms with E-state index in [9.17, 15) is 14.0 Å². The molecule has 0 unspecified atom stereocenters. The van der Waals surface area contributed by atoms with E-state index in [1.807, 2.05) is 0 Å². The summed E-state index contributed by atoms with van der Waals surface area (Å²) in [7, 11) is 0. The molecule has 1 N–H and O–H groups in total. The molecule has 1 saturated carbocycles. The van der Waals surface area contributed by atoms with Gasteiger partial charge in [-0.15, -0.1) is 0 Å². The summed E-state index contributed by atoms with van der Waals surface area (Å²) in [5, 5.41) is 2.89. The fourth-order valence-corrected chi connectivity index (χ4v) is 3.37. The van der Waals surface area contributed by atoms with Gasteiger partial charge < -0.3 is 10.2 Å². The lowest BCUT2D eigenvalue weighted by atomic mass is 10.00. The van der Waals surface area contributed by atoms with Crippen molar-refractivity contribution in [2.24, 2.45) is 11.8 Å². The van der Waals surface area contributed by atoms with Crippen molar-refractivity contribution in [1.82, 2.24) is 4.90 Å². The molecule has 2 amide bonds. The van der Waals surface area contributed by atoms with Crippen molar-refractivity contribution in [1.29, 1.82) is 0 Å². The summed E-state index contributed by atoms with van der Waals surface area (Å²) in [6.07, 6.45) is 3.40. The highest BCUT2D eigenvalue weighted by Crippen LogP contribution is 2.40. The van der Waals surface area contributed by atoms with E-state index in [1.54, 1.807) is 4.90 Å². The molecule has 1 aliphatic heterocycles. The van der Waals surface area contributed by atoms with E-state index in [2.05, 4.69) is 12.2 Å². The zero-order chi connectivity index (χ0) is 16.6. The lowest BCUT2D eigenvalue weighted by molar-refractivity contribution is -0.141. The number of amides is 2. The number of hydrogen-bond donors (Lipinski definition) is 1. The number of benzene rings is 1. The van der Waals surface area contributed by atoms with Crippen molar-refractivity contribution in [2.45, 2.75) is 38.6 Å². The number of halogens is 2. The Balaban J connectivity index is 1.72. The van der Waals surface area contributed by atoms with E-state index in [0.29, 0.717) is 24.6 Å². The van der Waals surface area contributed by atoms with Crippen LogP contribution in [0.15, 0.2) is 18.2 Å². The predicted molar refractivity (Wildman–Crippen MR) is 86.7 cm³/mol. The van der Waals surface area contributed by atoms with Crippen LogP contribution in [0.25, 0.3) is 0 Å². The van der Waals surface area contributed by atoms with Gasteiger partial charge in [-0.2, -0.15) is 0 Å². The van der Waals surface area contributed by atoms with Crippen LogP contribution in [-0.4, -0.2) is 29.3 Å². The maximum atomic E-state index is 13.1. The van der Waals surface area contributed by atoms with Crippen molar-refractivity contribution in [3.63, 3.8) is 0 Å². The van der Waals surface area contributed by atoms with Crippen LogP contribution in [0.4, 0.5) is 10.1 Å². The second kappa shape index (κ2) is 6.48. The monoisotopic (exact) mass is 338 g/mol. The molecule has 1 aromatic carbocycles. The Morgan fingerprint density at radius 2 is 2.09 bits per heavy atom. The molecular weight excluding hydrogens is 319 g/mol. The van der Waals surface area contributed by atoms with Crippen molar-refractivity contribution in [3.8, 4) is 0 Å². The fourth-order valence-electron chi connectivity index (χ4n) is 3.15. The molecule has 1 saturated heterocycles. The molecule has 0 aromatic heterocycles. The van der Waals surface area contributed by atoms with Gasteiger partial charge >= 0.3 is 0 Å². The summed E-state index contributed by atoms with van der Waals surface area (Å²) in [5.41, 5.74) is 0.371. The van der Waals surface area contributed by atoms with Crippen LogP contribution in [0.1, 0.15) is 32.6 Å². The number of rotatable bonds is 3. The Morgan fingerprint density at radius 1 is 1.35 bits per heavy atom. The van der Waals surface area contributed by atoms with Crippen LogP contribution >= 0.6 is 11.6 Å². The van der Waals surface area contributed by atoms with Crippen LogP contribution < -0.4 is 5.32 Å². The summed E-state index contributed by atoms with van der Waals surface area (Å²) >= 11 is 5.96. The highest BCUT2D eigenvalue weighted by molar-refractivity contribution is 6.33. The second-order valence-electron chi connectivity index (χ2n) is 6.48. The number of anilines is 1. The molecule has 1 heterocycles. The van der Waals surface area contributed by atoms with Gasteiger partial charge in [0.25, 0.3) is 0 Å². The van der Waals surface area contributed by atoms with Crippen LogP contribution in [0, 0.1) is 17.7 Å². The first-order valence-corrected chi connectivity index (χ1v) is 8.41. The molecule has 3 rings (SSSR count). The van der Waals surface area contributed by atoms with Gasteiger partial charge in [0.05, 0.1) is 10.7 Å². The molecule has 4 nitrogen and oxygen atoms in total. The summed E-state index contributed by atoms with van der Waals surface area (Å²) in [4.78, 5) is 26.8. The summed E-state index contributed by atoms with van der Waals surface area (Å²) in [6, 6.07) is 3.38. The van der Waals surface area contributed by atoms with Gasteiger partial charge in [-0.25, -0.2) is 4.39 Å². The maximum absolute atomic E-state index is 13.1. The van der Waals surface area contributed by atoms with E-state index < -0.39 is 11.9 Å². The lowest BCUT2D eigenvalue weighted by Crippen LogP contribution is -2.50. The molecule has 124 valence electrons. The quantitative estimate of drug-likeness (QED) is 0.917. The largest absolute Gasteiger partial charge is 0.330 e. The molecular formula is C17H20ClFN2O2. The zero-order valence-corrected chi connectivity index (χ0v) is 13.8. The van der Waals surface area contributed by atoms with Crippen molar-refractivity contribution in [2.75, 3.05) is 11.9 Å². The highest BCUT2D eigenvalue weighted by Gasteiger charge is 2.44. The molecule has 3 atom stereocenters. The molecule has 2 aliphatic rings. The number of piperidine rings is 1. The lowest BCUT2D eigenvalue weighted by Gasteiger charge is -2.35. The first-order chi connectivity index (χ1) is 11.0. The first-order valence-electron chi connectivity index (χ1n) is 8.04. The van der Waals surface area contributed by atoms with E-state index in [1.165, 1.54) is 12.1 Å². The third-order valence-electron chi connectivity index (χ3n) is 4.70. The van der Waals surface area contributed by atoms with Gasteiger partial charge in [0.1, 0.15) is 11.9 Å². The number of carbonyl (C=O) groups excluding carboxylic acids is 2. The Bertz CT molecular complexity index is 637.